The number of nitrogen functional groups attached to an aromatic ring is 1. The molecular formula is C11H17N5O4. The molecule has 20 heavy (non-hydrogen) atoms. The number of ether oxygens (including phenoxy) is 1. The molecule has 2 heterocycles. The van der Waals surface area contributed by atoms with Gasteiger partial charge in [-0.05, 0) is 6.42 Å². The summed E-state index contributed by atoms with van der Waals surface area (Å²) in [6, 6.07) is 0. The zero-order valence-electron chi connectivity index (χ0n) is 11.0. The Morgan fingerprint density at radius 2 is 2.35 bits per heavy atom. The van der Waals surface area contributed by atoms with Crippen molar-refractivity contribution in [1.29, 1.82) is 0 Å². The molecule has 0 saturated carbocycles. The van der Waals surface area contributed by atoms with Gasteiger partial charge in [0.1, 0.15) is 6.10 Å². The van der Waals surface area contributed by atoms with Crippen LogP contribution in [-0.2, 0) is 11.3 Å². The van der Waals surface area contributed by atoms with Crippen LogP contribution in [0, 0.1) is 0 Å². The maximum absolute atomic E-state index is 11.6. The fraction of sp³-hybridized carbons (Fsp3) is 0.545. The van der Waals surface area contributed by atoms with Crippen LogP contribution in [0.1, 0.15) is 6.42 Å². The van der Waals surface area contributed by atoms with Gasteiger partial charge in [0.2, 0.25) is 5.95 Å². The molecule has 2 rings (SSSR count). The highest BCUT2D eigenvalue weighted by Gasteiger charge is 2.18. The number of fused-ring (bicyclic) bond motifs is 1. The third-order valence-corrected chi connectivity index (χ3v) is 3.07. The number of methoxy groups -OCH3 is 1. The fourth-order valence-electron chi connectivity index (χ4n) is 1.94. The van der Waals surface area contributed by atoms with Crippen LogP contribution in [-0.4, -0.2) is 55.7 Å². The molecule has 9 nitrogen and oxygen atoms in total. The van der Waals surface area contributed by atoms with E-state index in [0.717, 1.165) is 0 Å². The summed E-state index contributed by atoms with van der Waals surface area (Å²) in [6.07, 6.45) is 0.298. The smallest absolute Gasteiger partial charge is 0.280 e. The second-order valence-corrected chi connectivity index (χ2v) is 4.37. The number of aromatic amines is 1. The molecule has 9 heteroatoms. The molecule has 0 aliphatic rings. The molecule has 0 radical (unpaired) electrons. The highest BCUT2D eigenvalue weighted by atomic mass is 16.5. The molecule has 0 amide bonds. The largest absolute Gasteiger partial charge is 0.394 e. The third-order valence-electron chi connectivity index (χ3n) is 3.07. The Kier molecular flexibility index (Phi) is 4.32. The molecule has 0 aliphatic carbocycles. The normalized spacial score (nSPS) is 14.6. The minimum absolute atomic E-state index is 0.00919. The summed E-state index contributed by atoms with van der Waals surface area (Å²) in [5.41, 5.74) is 5.64. The van der Waals surface area contributed by atoms with E-state index in [-0.39, 0.29) is 18.1 Å². The van der Waals surface area contributed by atoms with E-state index < -0.39 is 17.8 Å². The molecule has 0 fully saturated rings. The lowest BCUT2D eigenvalue weighted by Gasteiger charge is -2.19. The number of anilines is 1. The zero-order valence-corrected chi connectivity index (χ0v) is 11.0. The van der Waals surface area contributed by atoms with Crippen LogP contribution in [0.2, 0.25) is 0 Å². The second kappa shape index (κ2) is 5.99. The van der Waals surface area contributed by atoms with Crippen molar-refractivity contribution in [2.24, 2.45) is 0 Å². The molecule has 5 N–H and O–H groups in total. The summed E-state index contributed by atoms with van der Waals surface area (Å²) in [6.45, 7) is 0.0978. The Hall–Kier alpha value is -1.97. The van der Waals surface area contributed by atoms with E-state index >= 15 is 0 Å². The maximum atomic E-state index is 11.6. The average molecular weight is 283 g/mol. The second-order valence-electron chi connectivity index (χ2n) is 4.37. The zero-order chi connectivity index (χ0) is 14.7. The number of aromatic nitrogens is 4. The van der Waals surface area contributed by atoms with Crippen LogP contribution in [0.3, 0.4) is 0 Å². The number of imidazole rings is 1. The van der Waals surface area contributed by atoms with Crippen molar-refractivity contribution >= 4 is 17.1 Å². The Morgan fingerprint density at radius 1 is 1.60 bits per heavy atom. The summed E-state index contributed by atoms with van der Waals surface area (Å²) < 4.78 is 6.56. The number of H-pyrrole nitrogens is 1. The molecule has 0 aliphatic heterocycles. The quantitative estimate of drug-likeness (QED) is 0.503. The SMILES string of the molecule is CO[C@H](CO)[C@@H](O)CCn1cnc2c(=O)[nH]c(N)nc21. The van der Waals surface area contributed by atoms with Gasteiger partial charge in [0.25, 0.3) is 5.56 Å². The molecule has 0 spiro atoms. The molecule has 0 aromatic carbocycles. The van der Waals surface area contributed by atoms with E-state index in [1.807, 2.05) is 0 Å². The van der Waals surface area contributed by atoms with E-state index in [4.69, 9.17) is 15.6 Å². The van der Waals surface area contributed by atoms with Gasteiger partial charge < -0.3 is 25.3 Å². The molecule has 0 unspecified atom stereocenters. The number of hydrogen-bond acceptors (Lipinski definition) is 7. The van der Waals surface area contributed by atoms with Crippen LogP contribution in [0.25, 0.3) is 11.2 Å². The van der Waals surface area contributed by atoms with Crippen molar-refractivity contribution < 1.29 is 14.9 Å². The first-order valence-electron chi connectivity index (χ1n) is 6.09. The van der Waals surface area contributed by atoms with Gasteiger partial charge in [-0.2, -0.15) is 4.98 Å². The highest BCUT2D eigenvalue weighted by Crippen LogP contribution is 2.10. The van der Waals surface area contributed by atoms with E-state index in [2.05, 4.69) is 15.0 Å². The number of rotatable bonds is 6. The number of aliphatic hydroxyl groups excluding tert-OH is 2. The Morgan fingerprint density at radius 3 is 3.00 bits per heavy atom. The lowest BCUT2D eigenvalue weighted by Crippen LogP contribution is -2.32. The van der Waals surface area contributed by atoms with Crippen molar-refractivity contribution in [2.45, 2.75) is 25.2 Å². The van der Waals surface area contributed by atoms with Crippen LogP contribution >= 0.6 is 0 Å². The standard InChI is InChI=1S/C11H17N5O4/c1-20-7(4-17)6(18)2-3-16-5-13-8-9(16)14-11(12)15-10(8)19/h5-7,17-18H,2-4H2,1H3,(H3,12,14,15,19)/t6-,7+/m0/s1. The maximum Gasteiger partial charge on any atom is 0.280 e. The van der Waals surface area contributed by atoms with E-state index in [1.165, 1.54) is 13.4 Å². The fourth-order valence-corrected chi connectivity index (χ4v) is 1.94. The number of hydrogen-bond donors (Lipinski definition) is 4. The highest BCUT2D eigenvalue weighted by molar-refractivity contribution is 5.70. The third kappa shape index (κ3) is 2.79. The van der Waals surface area contributed by atoms with Gasteiger partial charge in [0.05, 0.1) is 19.0 Å². The molecule has 2 aromatic heterocycles. The van der Waals surface area contributed by atoms with Gasteiger partial charge in [-0.15, -0.1) is 0 Å². The number of aliphatic hydroxyl groups is 2. The Balaban J connectivity index is 2.17. The van der Waals surface area contributed by atoms with E-state index in [9.17, 15) is 9.90 Å². The Bertz CT molecular complexity index is 633. The Labute approximate surface area is 114 Å². The van der Waals surface area contributed by atoms with Crippen LogP contribution < -0.4 is 11.3 Å². The number of aryl methyl sites for hydroxylation is 1. The van der Waals surface area contributed by atoms with Gasteiger partial charge in [-0.3, -0.25) is 9.78 Å². The number of nitrogens with two attached hydrogens (primary N) is 1. The van der Waals surface area contributed by atoms with Crippen LogP contribution in [0.4, 0.5) is 5.95 Å². The predicted molar refractivity (Wildman–Crippen MR) is 71.1 cm³/mol. The summed E-state index contributed by atoms with van der Waals surface area (Å²) in [7, 11) is 1.42. The monoisotopic (exact) mass is 283 g/mol. The molecule has 110 valence electrons. The van der Waals surface area contributed by atoms with Crippen LogP contribution in [0.5, 0.6) is 0 Å². The van der Waals surface area contributed by atoms with E-state index in [1.54, 1.807) is 4.57 Å². The molecule has 2 atom stereocenters. The molecular weight excluding hydrogens is 266 g/mol. The molecule has 2 aromatic rings. The van der Waals surface area contributed by atoms with Crippen molar-refractivity contribution in [3.05, 3.63) is 16.7 Å². The number of nitrogens with zero attached hydrogens (tertiary/aromatic N) is 3. The number of nitrogens with one attached hydrogen (secondary N) is 1. The molecule has 0 bridgehead atoms. The minimum atomic E-state index is -0.832. The van der Waals surface area contributed by atoms with Gasteiger partial charge in [-0.1, -0.05) is 0 Å². The van der Waals surface area contributed by atoms with Gasteiger partial charge in [-0.25, -0.2) is 4.98 Å². The minimum Gasteiger partial charge on any atom is -0.394 e. The first-order chi connectivity index (χ1) is 9.56. The summed E-state index contributed by atoms with van der Waals surface area (Å²) in [5, 5.41) is 18.9. The van der Waals surface area contributed by atoms with Crippen LogP contribution in [0.15, 0.2) is 11.1 Å². The lowest BCUT2D eigenvalue weighted by molar-refractivity contribution is -0.0451. The van der Waals surface area contributed by atoms with Crippen molar-refractivity contribution in [2.75, 3.05) is 19.5 Å². The van der Waals surface area contributed by atoms with Crippen molar-refractivity contribution in [3.8, 4) is 0 Å². The van der Waals surface area contributed by atoms with E-state index in [0.29, 0.717) is 18.6 Å². The van der Waals surface area contributed by atoms with Gasteiger partial charge >= 0.3 is 0 Å². The molecule has 0 saturated heterocycles. The van der Waals surface area contributed by atoms with Gasteiger partial charge in [0, 0.05) is 13.7 Å². The first-order valence-corrected chi connectivity index (χ1v) is 6.09. The summed E-state index contributed by atoms with van der Waals surface area (Å²) >= 11 is 0. The van der Waals surface area contributed by atoms with Gasteiger partial charge in [0.15, 0.2) is 11.2 Å². The van der Waals surface area contributed by atoms with Crippen molar-refractivity contribution in [3.63, 3.8) is 0 Å². The predicted octanol–water partition coefficient (Wildman–Crippen LogP) is -1.54. The first kappa shape index (κ1) is 14.4. The summed E-state index contributed by atoms with van der Waals surface area (Å²) in [4.78, 5) is 21.9. The average Bonchev–Trinajstić information content (AvgIpc) is 2.81. The van der Waals surface area contributed by atoms with Crippen molar-refractivity contribution in [1.82, 2.24) is 19.5 Å². The topological polar surface area (TPSA) is 139 Å². The summed E-state index contributed by atoms with van der Waals surface area (Å²) in [5.74, 6) is 0.00919. The lowest BCUT2D eigenvalue weighted by atomic mass is 10.1.